The van der Waals surface area contributed by atoms with Crippen molar-refractivity contribution in [2.24, 2.45) is 0 Å². The van der Waals surface area contributed by atoms with Gasteiger partial charge in [-0.1, -0.05) is 0 Å². The molecule has 0 amide bonds. The first-order valence-corrected chi connectivity index (χ1v) is 8.14. The minimum absolute atomic E-state index is 1.02. The van der Waals surface area contributed by atoms with Gasteiger partial charge in [-0.05, 0) is 0 Å². The van der Waals surface area contributed by atoms with E-state index in [-0.39, 0.29) is 0 Å². The van der Waals surface area contributed by atoms with E-state index in [9.17, 15) is 9.13 Å². The van der Waals surface area contributed by atoms with E-state index in [0.29, 0.717) is 0 Å². The molecule has 1 rings (SSSR count). The standard InChI is InChI=1S/2CH5O3P.Al/c2*1-5(2,3)4;/h2*1H3,(H2,2,3,4);/q;;+3/p-3. The summed E-state index contributed by atoms with van der Waals surface area (Å²) in [5, 5.41) is 0. The van der Waals surface area contributed by atoms with Gasteiger partial charge in [0, 0.05) is 13.3 Å². The van der Waals surface area contributed by atoms with Crippen molar-refractivity contribution in [2.75, 3.05) is 13.3 Å². The van der Waals surface area contributed by atoms with Crippen molar-refractivity contribution in [1.29, 1.82) is 0 Å². The van der Waals surface area contributed by atoms with Crippen molar-refractivity contribution in [1.82, 2.24) is 0 Å². The van der Waals surface area contributed by atoms with Crippen LogP contribution in [0.15, 0.2) is 0 Å². The molecule has 1 atom stereocenters. The summed E-state index contributed by atoms with van der Waals surface area (Å²) in [6, 6.07) is 0. The lowest BCUT2D eigenvalue weighted by Crippen LogP contribution is -2.32. The van der Waals surface area contributed by atoms with Crippen LogP contribution in [0.2, 0.25) is 0 Å². The fourth-order valence-corrected chi connectivity index (χ4v) is 5.36. The minimum atomic E-state index is -3.55. The fourth-order valence-electron chi connectivity index (χ4n) is 0.519. The molecule has 1 heterocycles. The zero-order valence-electron chi connectivity index (χ0n) is 5.96. The summed E-state index contributed by atoms with van der Waals surface area (Å²) in [5.41, 5.74) is 0. The van der Waals surface area contributed by atoms with Gasteiger partial charge in [0.25, 0.3) is 7.60 Å². The molecule has 0 aromatic carbocycles. The summed E-state index contributed by atoms with van der Waals surface area (Å²) in [4.78, 5) is 8.64. The lowest BCUT2D eigenvalue weighted by atomic mass is 12.0. The Labute approximate surface area is 68.9 Å². The van der Waals surface area contributed by atoms with Crippen LogP contribution in [0.4, 0.5) is 0 Å². The molecule has 6 nitrogen and oxygen atoms in total. The smallest absolute Gasteiger partial charge is 0.386 e. The van der Waals surface area contributed by atoms with Crippen LogP contribution in [0, 0.1) is 0 Å². The van der Waals surface area contributed by atoms with E-state index < -0.39 is 30.3 Å². The van der Waals surface area contributed by atoms with Gasteiger partial charge in [-0.15, -0.1) is 0 Å². The molecule has 0 aromatic rings. The van der Waals surface area contributed by atoms with E-state index in [1.807, 2.05) is 0 Å². The Hall–Kier alpha value is 0.832. The predicted octanol–water partition coefficient (Wildman–Crippen LogP) is 0.673. The third-order valence-corrected chi connectivity index (χ3v) is 7.53. The van der Waals surface area contributed by atoms with E-state index in [1.54, 1.807) is 0 Å². The summed E-state index contributed by atoms with van der Waals surface area (Å²) < 4.78 is 34.9. The Balaban J connectivity index is 2.36. The van der Waals surface area contributed by atoms with Crippen molar-refractivity contribution in [3.63, 3.8) is 0 Å². The molecule has 1 unspecified atom stereocenters. The van der Waals surface area contributed by atoms with Crippen molar-refractivity contribution >= 4 is 30.3 Å². The fraction of sp³-hybridized carbons (Fsp3) is 1.00. The maximum Gasteiger partial charge on any atom is 0.926 e. The third kappa shape index (κ3) is 3.37. The second-order valence-electron chi connectivity index (χ2n) is 2.18. The maximum absolute atomic E-state index is 10.7. The highest BCUT2D eigenvalue weighted by atomic mass is 31.2. The van der Waals surface area contributed by atoms with E-state index >= 15 is 0 Å². The molecule has 1 aliphatic heterocycles. The highest BCUT2D eigenvalue weighted by Gasteiger charge is 2.54. The molecule has 1 saturated heterocycles. The van der Waals surface area contributed by atoms with Crippen LogP contribution < -0.4 is 0 Å². The van der Waals surface area contributed by atoms with Crippen LogP contribution in [-0.4, -0.2) is 33.4 Å². The number of hydrogen-bond donors (Lipinski definition) is 1. The Bertz CT molecular complexity index is 235. The Morgan fingerprint density at radius 3 is 2.36 bits per heavy atom. The second kappa shape index (κ2) is 2.95. The highest BCUT2D eigenvalue weighted by molar-refractivity contribution is 7.59. The van der Waals surface area contributed by atoms with Crippen molar-refractivity contribution in [2.45, 2.75) is 0 Å². The summed E-state index contributed by atoms with van der Waals surface area (Å²) in [5.74, 6) is 0. The van der Waals surface area contributed by atoms with E-state index in [1.165, 1.54) is 6.66 Å². The van der Waals surface area contributed by atoms with E-state index in [4.69, 9.17) is 4.89 Å². The van der Waals surface area contributed by atoms with Gasteiger partial charge in [0.15, 0.2) is 0 Å². The lowest BCUT2D eigenvalue weighted by molar-refractivity contribution is 0.202. The molecule has 0 bridgehead atoms. The monoisotopic (exact) mass is 216 g/mol. The molecule has 0 aromatic heterocycles. The number of hydrogen-bond acceptors (Lipinski definition) is 5. The Morgan fingerprint density at radius 2 is 2.09 bits per heavy atom. The average molecular weight is 216 g/mol. The molecule has 0 spiro atoms. The zero-order valence-corrected chi connectivity index (χ0v) is 8.90. The summed E-state index contributed by atoms with van der Waals surface area (Å²) >= 11 is -2.53. The summed E-state index contributed by atoms with van der Waals surface area (Å²) in [7, 11) is -6.46. The molecular weight excluding hydrogens is 209 g/mol. The first-order chi connectivity index (χ1) is 4.79. The molecule has 0 saturated carbocycles. The Morgan fingerprint density at radius 1 is 1.64 bits per heavy atom. The van der Waals surface area contributed by atoms with Crippen LogP contribution in [0.3, 0.4) is 0 Å². The SMILES string of the molecule is CP(=O)(O)[O][Al]1[O]P(C)(=O)[O]1. The molecule has 11 heavy (non-hydrogen) atoms. The highest BCUT2D eigenvalue weighted by Crippen LogP contribution is 2.57. The molecule has 64 valence electrons. The summed E-state index contributed by atoms with van der Waals surface area (Å²) in [6.07, 6.45) is 0. The molecule has 1 N–H and O–H groups in total. The third-order valence-electron chi connectivity index (χ3n) is 0.837. The van der Waals surface area contributed by atoms with Crippen molar-refractivity contribution < 1.29 is 24.7 Å². The van der Waals surface area contributed by atoms with Gasteiger partial charge in [-0.2, -0.15) is 0 Å². The van der Waals surface area contributed by atoms with Gasteiger partial charge in [-0.3, -0.25) is 9.13 Å². The normalized spacial score (nSPS) is 27.4. The second-order valence-corrected chi connectivity index (χ2v) is 8.44. The van der Waals surface area contributed by atoms with Gasteiger partial charge in [-0.25, -0.2) is 0 Å². The van der Waals surface area contributed by atoms with Crippen LogP contribution in [0.5, 0.6) is 0 Å². The maximum atomic E-state index is 10.7. The van der Waals surface area contributed by atoms with Crippen LogP contribution in [0.1, 0.15) is 0 Å². The average Bonchev–Trinajstić information content (AvgIpc) is 1.53. The van der Waals surface area contributed by atoms with Gasteiger partial charge < -0.3 is 15.6 Å². The topological polar surface area (TPSA) is 82.1 Å². The molecular formula is C2H7AlO6P2. The van der Waals surface area contributed by atoms with Gasteiger partial charge in [0.05, 0.1) is 0 Å². The predicted molar refractivity (Wildman–Crippen MR) is 38.3 cm³/mol. The molecule has 1 fully saturated rings. The zero-order chi connectivity index (χ0) is 8.70. The lowest BCUT2D eigenvalue weighted by Gasteiger charge is -2.29. The van der Waals surface area contributed by atoms with Crippen molar-refractivity contribution in [3.05, 3.63) is 0 Å². The van der Waals surface area contributed by atoms with Crippen molar-refractivity contribution in [3.8, 4) is 0 Å². The largest absolute Gasteiger partial charge is 0.926 e. The van der Waals surface area contributed by atoms with Gasteiger partial charge >= 0.3 is 22.7 Å². The number of rotatable bonds is 2. The minimum Gasteiger partial charge on any atom is -0.386 e. The Kier molecular flexibility index (Phi) is 2.66. The first kappa shape index (κ1) is 9.92. The molecule has 1 aliphatic rings. The van der Waals surface area contributed by atoms with Crippen LogP contribution >= 0.6 is 15.2 Å². The van der Waals surface area contributed by atoms with Crippen LogP contribution in [-0.2, 0) is 19.9 Å². The summed E-state index contributed by atoms with van der Waals surface area (Å²) in [6.45, 7) is 2.30. The van der Waals surface area contributed by atoms with E-state index in [0.717, 1.165) is 6.66 Å². The molecule has 9 heteroatoms. The molecule has 0 aliphatic carbocycles. The van der Waals surface area contributed by atoms with E-state index in [2.05, 4.69) is 10.7 Å². The van der Waals surface area contributed by atoms with Gasteiger partial charge in [0.1, 0.15) is 0 Å². The first-order valence-electron chi connectivity index (χ1n) is 2.71. The molecule has 0 radical (unpaired) electrons. The quantitative estimate of drug-likeness (QED) is 0.539. The van der Waals surface area contributed by atoms with Gasteiger partial charge in [0.2, 0.25) is 0 Å². The van der Waals surface area contributed by atoms with Crippen LogP contribution in [0.25, 0.3) is 0 Å².